The van der Waals surface area contributed by atoms with E-state index < -0.39 is 5.54 Å². The summed E-state index contributed by atoms with van der Waals surface area (Å²) in [5.41, 5.74) is 2.65. The van der Waals surface area contributed by atoms with E-state index >= 15 is 0 Å². The maximum absolute atomic E-state index is 13.4. The zero-order valence-electron chi connectivity index (χ0n) is 13.9. The first-order valence-corrected chi connectivity index (χ1v) is 8.21. The molecule has 0 bridgehead atoms. The van der Waals surface area contributed by atoms with E-state index in [-0.39, 0.29) is 5.82 Å². The highest BCUT2D eigenvalue weighted by Gasteiger charge is 2.39. The van der Waals surface area contributed by atoms with E-state index in [1.165, 1.54) is 12.1 Å². The van der Waals surface area contributed by atoms with Crippen molar-refractivity contribution in [1.82, 2.24) is 10.3 Å². The molecular formula is C21H15FN4. The normalized spacial score (nSPS) is 18.7. The summed E-state index contributed by atoms with van der Waals surface area (Å²) in [4.78, 5) is 8.92. The smallest absolute Gasteiger partial charge is 0.129 e. The van der Waals surface area contributed by atoms with Crippen molar-refractivity contribution in [2.75, 3.05) is 6.54 Å². The van der Waals surface area contributed by atoms with E-state index in [4.69, 9.17) is 5.26 Å². The minimum Gasteiger partial charge on any atom is -0.355 e. The molecule has 0 aliphatic carbocycles. The van der Waals surface area contributed by atoms with Crippen LogP contribution in [-0.4, -0.2) is 17.4 Å². The van der Waals surface area contributed by atoms with Gasteiger partial charge >= 0.3 is 0 Å². The number of hydrogen-bond acceptors (Lipinski definition) is 4. The summed E-state index contributed by atoms with van der Waals surface area (Å²) in [7, 11) is 0. The van der Waals surface area contributed by atoms with Crippen molar-refractivity contribution in [2.45, 2.75) is 5.54 Å². The number of hydrogen-bond donors (Lipinski definition) is 1. The van der Waals surface area contributed by atoms with E-state index in [0.29, 0.717) is 17.9 Å². The van der Waals surface area contributed by atoms with E-state index in [1.807, 2.05) is 24.3 Å². The third-order valence-corrected chi connectivity index (χ3v) is 4.56. The fourth-order valence-corrected chi connectivity index (χ4v) is 3.22. The predicted octanol–water partition coefficient (Wildman–Crippen LogP) is 3.39. The number of benzene rings is 2. The number of nitriles is 1. The first kappa shape index (κ1) is 16.0. The Hall–Kier alpha value is -3.52. The number of aliphatic imine (C=N–C) groups is 1. The van der Waals surface area contributed by atoms with Gasteiger partial charge in [-0.05, 0) is 35.9 Å². The summed E-state index contributed by atoms with van der Waals surface area (Å²) in [5.74, 6) is 0.422. The van der Waals surface area contributed by atoms with Crippen molar-refractivity contribution in [3.05, 3.63) is 101 Å². The van der Waals surface area contributed by atoms with Crippen molar-refractivity contribution < 1.29 is 4.39 Å². The van der Waals surface area contributed by atoms with Crippen LogP contribution in [0.25, 0.3) is 0 Å². The van der Waals surface area contributed by atoms with Gasteiger partial charge in [0.15, 0.2) is 0 Å². The Bertz CT molecular complexity index is 1010. The van der Waals surface area contributed by atoms with Crippen molar-refractivity contribution in [3.63, 3.8) is 0 Å². The number of nitrogens with zero attached hydrogens (tertiary/aromatic N) is 3. The van der Waals surface area contributed by atoms with Gasteiger partial charge < -0.3 is 5.32 Å². The minimum atomic E-state index is -0.625. The fourth-order valence-electron chi connectivity index (χ4n) is 3.22. The first-order chi connectivity index (χ1) is 12.7. The summed E-state index contributed by atoms with van der Waals surface area (Å²) >= 11 is 0. The molecule has 3 aromatic rings. The number of amidine groups is 1. The maximum atomic E-state index is 13.4. The standard InChI is InChI=1S/C21H15FN4/c22-19-8-6-17(7-9-19)21(18-5-2-10-24-13-18)14-25-20(26-21)16-4-1-3-15(11-16)12-23/h1-11,13H,14H2,(H,25,26). The van der Waals surface area contributed by atoms with Gasteiger partial charge in [0.25, 0.3) is 0 Å². The second-order valence-corrected chi connectivity index (χ2v) is 6.14. The molecule has 1 aliphatic heterocycles. The van der Waals surface area contributed by atoms with Gasteiger partial charge in [0.05, 0.1) is 18.2 Å². The Kier molecular flexibility index (Phi) is 3.94. The summed E-state index contributed by atoms with van der Waals surface area (Å²) in [6.07, 6.45) is 3.51. The van der Waals surface area contributed by atoms with Gasteiger partial charge in [0.2, 0.25) is 0 Å². The molecule has 1 aromatic heterocycles. The molecule has 0 fully saturated rings. The molecule has 0 spiro atoms. The Labute approximate surface area is 150 Å². The van der Waals surface area contributed by atoms with Crippen molar-refractivity contribution in [2.24, 2.45) is 4.99 Å². The lowest BCUT2D eigenvalue weighted by molar-refractivity contribution is 0.520. The Balaban J connectivity index is 1.77. The summed E-state index contributed by atoms with van der Waals surface area (Å²) in [5, 5.41) is 12.6. The predicted molar refractivity (Wildman–Crippen MR) is 97.1 cm³/mol. The maximum Gasteiger partial charge on any atom is 0.129 e. The van der Waals surface area contributed by atoms with Crippen LogP contribution >= 0.6 is 0 Å². The fraction of sp³-hybridized carbons (Fsp3) is 0.0952. The molecule has 126 valence electrons. The highest BCUT2D eigenvalue weighted by molar-refractivity contribution is 6.01. The van der Waals surface area contributed by atoms with Gasteiger partial charge in [0, 0.05) is 23.5 Å². The number of halogens is 1. The van der Waals surface area contributed by atoms with Gasteiger partial charge in [-0.15, -0.1) is 0 Å². The highest BCUT2D eigenvalue weighted by atomic mass is 19.1. The zero-order valence-corrected chi connectivity index (χ0v) is 13.9. The summed E-state index contributed by atoms with van der Waals surface area (Å²) in [6.45, 7) is 0.455. The van der Waals surface area contributed by atoms with Gasteiger partial charge in [-0.25, -0.2) is 4.39 Å². The third-order valence-electron chi connectivity index (χ3n) is 4.56. The third kappa shape index (κ3) is 2.72. The van der Waals surface area contributed by atoms with Crippen LogP contribution in [0.4, 0.5) is 4.39 Å². The zero-order chi connectivity index (χ0) is 18.0. The molecule has 1 N–H and O–H groups in total. The Morgan fingerprint density at radius 2 is 1.88 bits per heavy atom. The molecule has 2 aromatic carbocycles. The molecule has 0 saturated carbocycles. The first-order valence-electron chi connectivity index (χ1n) is 8.21. The van der Waals surface area contributed by atoms with Crippen molar-refractivity contribution in [1.29, 1.82) is 5.26 Å². The van der Waals surface area contributed by atoms with Gasteiger partial charge in [0.1, 0.15) is 17.2 Å². The lowest BCUT2D eigenvalue weighted by atomic mass is 9.84. The second kappa shape index (κ2) is 6.41. The van der Waals surface area contributed by atoms with E-state index in [0.717, 1.165) is 16.7 Å². The molecule has 4 nitrogen and oxygen atoms in total. The Morgan fingerprint density at radius 3 is 2.62 bits per heavy atom. The average Bonchev–Trinajstić information content (AvgIpc) is 3.16. The molecule has 2 heterocycles. The van der Waals surface area contributed by atoms with Crippen molar-refractivity contribution in [3.8, 4) is 6.07 Å². The van der Waals surface area contributed by atoms with Crippen LogP contribution in [-0.2, 0) is 5.54 Å². The largest absolute Gasteiger partial charge is 0.355 e. The molecule has 26 heavy (non-hydrogen) atoms. The molecule has 1 aliphatic rings. The lowest BCUT2D eigenvalue weighted by Gasteiger charge is -2.31. The Morgan fingerprint density at radius 1 is 1.04 bits per heavy atom. The summed E-state index contributed by atoms with van der Waals surface area (Å²) < 4.78 is 13.4. The lowest BCUT2D eigenvalue weighted by Crippen LogP contribution is -2.44. The van der Waals surface area contributed by atoms with Gasteiger partial charge in [-0.3, -0.25) is 9.98 Å². The number of aromatic nitrogens is 1. The SMILES string of the molecule is N#Cc1cccc(C2=NCC(c3ccc(F)cc3)(c3cccnc3)N2)c1. The highest BCUT2D eigenvalue weighted by Crippen LogP contribution is 2.33. The van der Waals surface area contributed by atoms with Gasteiger partial charge in [-0.2, -0.15) is 5.26 Å². The molecule has 1 unspecified atom stereocenters. The van der Waals surface area contributed by atoms with Crippen LogP contribution < -0.4 is 5.32 Å². The van der Waals surface area contributed by atoms with Crippen LogP contribution in [0.3, 0.4) is 0 Å². The second-order valence-electron chi connectivity index (χ2n) is 6.14. The van der Waals surface area contributed by atoms with E-state index in [1.54, 1.807) is 36.7 Å². The molecule has 0 radical (unpaired) electrons. The molecule has 4 rings (SSSR count). The molecular weight excluding hydrogens is 327 g/mol. The van der Waals surface area contributed by atoms with Crippen LogP contribution in [0.15, 0.2) is 78.0 Å². The quantitative estimate of drug-likeness (QED) is 0.794. The molecule has 5 heteroatoms. The molecule has 1 atom stereocenters. The average molecular weight is 342 g/mol. The monoisotopic (exact) mass is 342 g/mol. The van der Waals surface area contributed by atoms with E-state index in [9.17, 15) is 4.39 Å². The van der Waals surface area contributed by atoms with Crippen LogP contribution in [0, 0.1) is 17.1 Å². The number of nitrogens with one attached hydrogen (secondary N) is 1. The van der Waals surface area contributed by atoms with E-state index in [2.05, 4.69) is 21.4 Å². The molecule has 0 amide bonds. The molecule has 0 saturated heterocycles. The van der Waals surface area contributed by atoms with Crippen molar-refractivity contribution >= 4 is 5.84 Å². The van der Waals surface area contributed by atoms with Crippen LogP contribution in [0.1, 0.15) is 22.3 Å². The van der Waals surface area contributed by atoms with Crippen LogP contribution in [0.5, 0.6) is 0 Å². The summed E-state index contributed by atoms with van der Waals surface area (Å²) in [6, 6.07) is 19.7. The topological polar surface area (TPSA) is 61.1 Å². The number of rotatable bonds is 3. The minimum absolute atomic E-state index is 0.282. The number of pyridine rings is 1. The van der Waals surface area contributed by atoms with Crippen LogP contribution in [0.2, 0.25) is 0 Å². The van der Waals surface area contributed by atoms with Gasteiger partial charge in [-0.1, -0.05) is 30.3 Å².